The molecular formula is C20H21N5O. The number of aromatic amines is 1. The summed E-state index contributed by atoms with van der Waals surface area (Å²) in [4.78, 5) is 19.6. The number of nitrogens with one attached hydrogen (secondary N) is 3. The molecular weight excluding hydrogens is 326 g/mol. The van der Waals surface area contributed by atoms with Crippen molar-refractivity contribution in [2.75, 3.05) is 11.1 Å². The highest BCUT2D eigenvalue weighted by Gasteiger charge is 2.49. The van der Waals surface area contributed by atoms with E-state index < -0.39 is 5.54 Å². The lowest BCUT2D eigenvalue weighted by Crippen LogP contribution is -2.41. The van der Waals surface area contributed by atoms with Crippen molar-refractivity contribution < 1.29 is 4.79 Å². The number of amides is 1. The molecule has 132 valence electrons. The standard InChI is InChI=1S/C20H21N5O/c21-19-23-13-17(24-19)15-8-6-14(7-9-15)12-22-18(26)20(10-11-20)25-16-4-2-1-3-5-16/h1-9,13,25H,10-12H2,(H,22,26)(H3,21,23,24). The average Bonchev–Trinajstić information content (AvgIpc) is 3.32. The lowest BCUT2D eigenvalue weighted by molar-refractivity contribution is -0.122. The molecule has 5 N–H and O–H groups in total. The summed E-state index contributed by atoms with van der Waals surface area (Å²) in [6.45, 7) is 0.502. The molecule has 0 saturated heterocycles. The van der Waals surface area contributed by atoms with Crippen LogP contribution in [0.3, 0.4) is 0 Å². The molecule has 1 amide bonds. The van der Waals surface area contributed by atoms with E-state index in [9.17, 15) is 4.79 Å². The maximum atomic E-state index is 12.6. The van der Waals surface area contributed by atoms with Gasteiger partial charge in [-0.3, -0.25) is 4.79 Å². The van der Waals surface area contributed by atoms with Gasteiger partial charge in [0.2, 0.25) is 5.91 Å². The fourth-order valence-corrected chi connectivity index (χ4v) is 2.97. The van der Waals surface area contributed by atoms with Crippen LogP contribution >= 0.6 is 0 Å². The number of para-hydroxylation sites is 1. The van der Waals surface area contributed by atoms with E-state index in [1.54, 1.807) is 6.20 Å². The second kappa shape index (κ2) is 6.55. The van der Waals surface area contributed by atoms with Gasteiger partial charge in [0.15, 0.2) is 5.95 Å². The summed E-state index contributed by atoms with van der Waals surface area (Å²) >= 11 is 0. The summed E-state index contributed by atoms with van der Waals surface area (Å²) in [5.41, 5.74) is 9.05. The predicted molar refractivity (Wildman–Crippen MR) is 102 cm³/mol. The lowest BCUT2D eigenvalue weighted by atomic mass is 10.1. The van der Waals surface area contributed by atoms with Crippen LogP contribution in [0.5, 0.6) is 0 Å². The van der Waals surface area contributed by atoms with Gasteiger partial charge in [-0.2, -0.15) is 0 Å². The second-order valence-corrected chi connectivity index (χ2v) is 6.63. The second-order valence-electron chi connectivity index (χ2n) is 6.63. The first-order chi connectivity index (χ1) is 12.6. The summed E-state index contributed by atoms with van der Waals surface area (Å²) < 4.78 is 0. The van der Waals surface area contributed by atoms with Crippen molar-refractivity contribution in [2.24, 2.45) is 0 Å². The highest BCUT2D eigenvalue weighted by Crippen LogP contribution is 2.39. The molecule has 26 heavy (non-hydrogen) atoms. The van der Waals surface area contributed by atoms with Gasteiger partial charge in [-0.15, -0.1) is 0 Å². The number of nitrogens with zero attached hydrogens (tertiary/aromatic N) is 1. The quantitative estimate of drug-likeness (QED) is 0.551. The molecule has 1 aromatic heterocycles. The topological polar surface area (TPSA) is 95.8 Å². The summed E-state index contributed by atoms with van der Waals surface area (Å²) in [7, 11) is 0. The molecule has 0 aliphatic heterocycles. The number of nitrogens with two attached hydrogens (primary N) is 1. The van der Waals surface area contributed by atoms with Crippen LogP contribution in [0.2, 0.25) is 0 Å². The summed E-state index contributed by atoms with van der Waals surface area (Å²) in [5.74, 6) is 0.448. The Morgan fingerprint density at radius 3 is 2.46 bits per heavy atom. The minimum absolute atomic E-state index is 0.0479. The van der Waals surface area contributed by atoms with Gasteiger partial charge < -0.3 is 21.4 Å². The fourth-order valence-electron chi connectivity index (χ4n) is 2.97. The maximum absolute atomic E-state index is 12.6. The Hall–Kier alpha value is -3.28. The first kappa shape index (κ1) is 16.2. The van der Waals surface area contributed by atoms with Crippen molar-refractivity contribution in [3.63, 3.8) is 0 Å². The smallest absolute Gasteiger partial charge is 0.245 e. The van der Waals surface area contributed by atoms with Crippen LogP contribution < -0.4 is 16.4 Å². The average molecular weight is 347 g/mol. The number of hydrogen-bond acceptors (Lipinski definition) is 4. The molecule has 0 bridgehead atoms. The van der Waals surface area contributed by atoms with Gasteiger partial charge in [-0.1, -0.05) is 42.5 Å². The molecule has 4 rings (SSSR count). The van der Waals surface area contributed by atoms with Gasteiger partial charge in [0, 0.05) is 12.2 Å². The Balaban J connectivity index is 1.36. The van der Waals surface area contributed by atoms with E-state index in [0.29, 0.717) is 12.5 Å². The molecule has 0 spiro atoms. The molecule has 6 nitrogen and oxygen atoms in total. The molecule has 6 heteroatoms. The van der Waals surface area contributed by atoms with E-state index >= 15 is 0 Å². The number of imidazole rings is 1. The van der Waals surface area contributed by atoms with E-state index in [-0.39, 0.29) is 5.91 Å². The number of carbonyl (C=O) groups excluding carboxylic acids is 1. The molecule has 3 aromatic rings. The third-order valence-electron chi connectivity index (χ3n) is 4.66. The van der Waals surface area contributed by atoms with Gasteiger partial charge in [0.1, 0.15) is 5.54 Å². The monoisotopic (exact) mass is 347 g/mol. The van der Waals surface area contributed by atoms with Crippen LogP contribution in [-0.4, -0.2) is 21.4 Å². The van der Waals surface area contributed by atoms with Crippen molar-refractivity contribution in [3.8, 4) is 11.3 Å². The zero-order valence-corrected chi connectivity index (χ0v) is 14.3. The molecule has 0 unspecified atom stereocenters. The van der Waals surface area contributed by atoms with E-state index in [1.807, 2.05) is 54.6 Å². The fraction of sp³-hybridized carbons (Fsp3) is 0.200. The van der Waals surface area contributed by atoms with E-state index in [4.69, 9.17) is 5.73 Å². The summed E-state index contributed by atoms with van der Waals surface area (Å²) in [6, 6.07) is 17.8. The third-order valence-corrected chi connectivity index (χ3v) is 4.66. The number of benzene rings is 2. The molecule has 0 radical (unpaired) electrons. The van der Waals surface area contributed by atoms with E-state index in [0.717, 1.165) is 35.3 Å². The van der Waals surface area contributed by atoms with Gasteiger partial charge in [0.25, 0.3) is 0 Å². The number of anilines is 2. The van der Waals surface area contributed by atoms with Crippen molar-refractivity contribution in [3.05, 3.63) is 66.4 Å². The summed E-state index contributed by atoms with van der Waals surface area (Å²) in [5, 5.41) is 6.41. The van der Waals surface area contributed by atoms with Crippen LogP contribution in [0.25, 0.3) is 11.3 Å². The Kier molecular flexibility index (Phi) is 4.08. The van der Waals surface area contributed by atoms with Gasteiger partial charge in [-0.05, 0) is 36.1 Å². The molecule has 1 aliphatic carbocycles. The minimum Gasteiger partial charge on any atom is -0.371 e. The number of nitrogen functional groups attached to an aromatic ring is 1. The molecule has 1 aliphatic rings. The Morgan fingerprint density at radius 2 is 1.85 bits per heavy atom. The van der Waals surface area contributed by atoms with E-state index in [2.05, 4.69) is 20.6 Å². The largest absolute Gasteiger partial charge is 0.371 e. The SMILES string of the molecule is Nc1ncc(-c2ccc(CNC(=O)C3(Nc4ccccc4)CC3)cc2)[nH]1. The number of hydrogen-bond donors (Lipinski definition) is 4. The van der Waals surface area contributed by atoms with Crippen LogP contribution in [0, 0.1) is 0 Å². The lowest BCUT2D eigenvalue weighted by Gasteiger charge is -2.18. The third kappa shape index (κ3) is 3.39. The Labute approximate surface area is 151 Å². The van der Waals surface area contributed by atoms with Crippen molar-refractivity contribution >= 4 is 17.5 Å². The van der Waals surface area contributed by atoms with Crippen LogP contribution in [0.1, 0.15) is 18.4 Å². The van der Waals surface area contributed by atoms with Gasteiger partial charge in [-0.25, -0.2) is 4.98 Å². The first-order valence-corrected chi connectivity index (χ1v) is 8.66. The number of rotatable bonds is 6. The van der Waals surface area contributed by atoms with Crippen LogP contribution in [0.15, 0.2) is 60.8 Å². The molecule has 1 fully saturated rings. The van der Waals surface area contributed by atoms with Crippen LogP contribution in [-0.2, 0) is 11.3 Å². The van der Waals surface area contributed by atoms with Gasteiger partial charge >= 0.3 is 0 Å². The number of aromatic nitrogens is 2. The predicted octanol–water partition coefficient (Wildman–Crippen LogP) is 2.92. The molecule has 1 heterocycles. The van der Waals surface area contributed by atoms with Crippen molar-refractivity contribution in [1.29, 1.82) is 0 Å². The normalized spacial score (nSPS) is 14.6. The first-order valence-electron chi connectivity index (χ1n) is 8.66. The number of H-pyrrole nitrogens is 1. The molecule has 1 saturated carbocycles. The maximum Gasteiger partial charge on any atom is 0.245 e. The molecule has 0 atom stereocenters. The van der Waals surface area contributed by atoms with Crippen molar-refractivity contribution in [2.45, 2.75) is 24.9 Å². The molecule has 2 aromatic carbocycles. The Morgan fingerprint density at radius 1 is 1.12 bits per heavy atom. The number of carbonyl (C=O) groups is 1. The van der Waals surface area contributed by atoms with E-state index in [1.165, 1.54) is 0 Å². The highest BCUT2D eigenvalue weighted by atomic mass is 16.2. The van der Waals surface area contributed by atoms with Crippen LogP contribution in [0.4, 0.5) is 11.6 Å². The summed E-state index contributed by atoms with van der Waals surface area (Å²) in [6.07, 6.45) is 3.42. The Bertz CT molecular complexity index is 897. The zero-order chi connectivity index (χ0) is 18.0. The minimum atomic E-state index is -0.464. The van der Waals surface area contributed by atoms with Crippen molar-refractivity contribution in [1.82, 2.24) is 15.3 Å². The highest BCUT2D eigenvalue weighted by molar-refractivity contribution is 5.92. The zero-order valence-electron chi connectivity index (χ0n) is 14.3. The van der Waals surface area contributed by atoms with Gasteiger partial charge in [0.05, 0.1) is 11.9 Å².